The van der Waals surface area contributed by atoms with Gasteiger partial charge in [-0.05, 0) is 32.9 Å². The smallest absolute Gasteiger partial charge is 0.241 e. The SMILES string of the molecule is COc1cccc(-c2noc(CN3C[C@H](C)OCC3(C)C)n2)c1. The van der Waals surface area contributed by atoms with Crippen LogP contribution in [0.3, 0.4) is 0 Å². The first-order valence-corrected chi connectivity index (χ1v) is 7.81. The van der Waals surface area contributed by atoms with Crippen molar-refractivity contribution in [3.05, 3.63) is 30.2 Å². The van der Waals surface area contributed by atoms with E-state index < -0.39 is 0 Å². The number of hydrogen-bond acceptors (Lipinski definition) is 6. The first kappa shape index (κ1) is 16.0. The van der Waals surface area contributed by atoms with Crippen molar-refractivity contribution in [3.8, 4) is 17.1 Å². The van der Waals surface area contributed by atoms with Gasteiger partial charge in [-0.15, -0.1) is 0 Å². The normalized spacial score (nSPS) is 21.3. The fourth-order valence-electron chi connectivity index (χ4n) is 2.69. The first-order valence-electron chi connectivity index (χ1n) is 7.81. The lowest BCUT2D eigenvalue weighted by atomic mass is 10.0. The number of benzene rings is 1. The third-order valence-electron chi connectivity index (χ3n) is 4.18. The average molecular weight is 317 g/mol. The fourth-order valence-corrected chi connectivity index (χ4v) is 2.69. The molecule has 1 aliphatic rings. The first-order chi connectivity index (χ1) is 11.0. The average Bonchev–Trinajstić information content (AvgIpc) is 3.00. The molecule has 1 fully saturated rings. The maximum atomic E-state index is 5.74. The van der Waals surface area contributed by atoms with Crippen molar-refractivity contribution in [1.82, 2.24) is 15.0 Å². The molecule has 0 bridgehead atoms. The molecule has 0 radical (unpaired) electrons. The Morgan fingerprint density at radius 1 is 1.39 bits per heavy atom. The van der Waals surface area contributed by atoms with Crippen LogP contribution in [0.15, 0.2) is 28.8 Å². The van der Waals surface area contributed by atoms with Crippen LogP contribution < -0.4 is 4.74 Å². The van der Waals surface area contributed by atoms with E-state index in [1.54, 1.807) is 7.11 Å². The molecule has 1 atom stereocenters. The maximum absolute atomic E-state index is 5.74. The van der Waals surface area contributed by atoms with Crippen molar-refractivity contribution in [3.63, 3.8) is 0 Å². The van der Waals surface area contributed by atoms with Crippen LogP contribution in [0.25, 0.3) is 11.4 Å². The molecule has 6 nitrogen and oxygen atoms in total. The second-order valence-corrected chi connectivity index (χ2v) is 6.56. The molecule has 2 heterocycles. The van der Waals surface area contributed by atoms with Gasteiger partial charge in [0.15, 0.2) is 0 Å². The molecule has 1 aromatic carbocycles. The topological polar surface area (TPSA) is 60.6 Å². The number of ether oxygens (including phenoxy) is 2. The summed E-state index contributed by atoms with van der Waals surface area (Å²) in [7, 11) is 1.64. The molecule has 124 valence electrons. The summed E-state index contributed by atoms with van der Waals surface area (Å²) in [6.45, 7) is 8.58. The predicted octanol–water partition coefficient (Wildman–Crippen LogP) is 2.74. The van der Waals surface area contributed by atoms with Crippen molar-refractivity contribution in [2.24, 2.45) is 0 Å². The van der Waals surface area contributed by atoms with Crippen LogP contribution in [0.1, 0.15) is 26.7 Å². The molecule has 3 rings (SSSR count). The highest BCUT2D eigenvalue weighted by molar-refractivity contribution is 5.56. The van der Waals surface area contributed by atoms with Gasteiger partial charge in [-0.2, -0.15) is 4.98 Å². The highest BCUT2D eigenvalue weighted by atomic mass is 16.5. The summed E-state index contributed by atoms with van der Waals surface area (Å²) < 4.78 is 16.4. The molecule has 2 aromatic rings. The van der Waals surface area contributed by atoms with Gasteiger partial charge in [0.25, 0.3) is 0 Å². The maximum Gasteiger partial charge on any atom is 0.241 e. The molecular formula is C17H23N3O3. The Bertz CT molecular complexity index is 669. The summed E-state index contributed by atoms with van der Waals surface area (Å²) in [6, 6.07) is 7.65. The van der Waals surface area contributed by atoms with E-state index in [1.807, 2.05) is 24.3 Å². The van der Waals surface area contributed by atoms with Crippen molar-refractivity contribution in [2.45, 2.75) is 39.0 Å². The standard InChI is InChI=1S/C17H23N3O3/c1-12-9-20(17(2,3)11-22-12)10-15-18-16(19-23-15)13-6-5-7-14(8-13)21-4/h5-8,12H,9-11H2,1-4H3/t12-/m0/s1. The van der Waals surface area contributed by atoms with E-state index in [9.17, 15) is 0 Å². The van der Waals surface area contributed by atoms with Crippen LogP contribution in [0.5, 0.6) is 5.75 Å². The van der Waals surface area contributed by atoms with E-state index in [0.717, 1.165) is 17.9 Å². The Balaban J connectivity index is 1.76. The van der Waals surface area contributed by atoms with E-state index in [1.165, 1.54) is 0 Å². The summed E-state index contributed by atoms with van der Waals surface area (Å²) in [6.07, 6.45) is 0.212. The fraction of sp³-hybridized carbons (Fsp3) is 0.529. The van der Waals surface area contributed by atoms with Gasteiger partial charge in [-0.3, -0.25) is 4.90 Å². The molecule has 1 saturated heterocycles. The minimum Gasteiger partial charge on any atom is -0.497 e. The Labute approximate surface area is 136 Å². The Hall–Kier alpha value is -1.92. The quantitative estimate of drug-likeness (QED) is 0.864. The third-order valence-corrected chi connectivity index (χ3v) is 4.18. The Morgan fingerprint density at radius 2 is 2.22 bits per heavy atom. The molecule has 0 N–H and O–H groups in total. The summed E-state index contributed by atoms with van der Waals surface area (Å²) in [5.41, 5.74) is 0.839. The number of nitrogens with zero attached hydrogens (tertiary/aromatic N) is 3. The largest absolute Gasteiger partial charge is 0.497 e. The van der Waals surface area contributed by atoms with Crippen LogP contribution in [0.2, 0.25) is 0 Å². The summed E-state index contributed by atoms with van der Waals surface area (Å²) in [5, 5.41) is 4.09. The highest BCUT2D eigenvalue weighted by Crippen LogP contribution is 2.25. The number of aromatic nitrogens is 2. The van der Waals surface area contributed by atoms with Crippen LogP contribution in [-0.4, -0.2) is 46.9 Å². The number of rotatable bonds is 4. The minimum atomic E-state index is -0.0445. The van der Waals surface area contributed by atoms with Gasteiger partial charge in [0.2, 0.25) is 11.7 Å². The van der Waals surface area contributed by atoms with Gasteiger partial charge >= 0.3 is 0 Å². The minimum absolute atomic E-state index is 0.0445. The molecular weight excluding hydrogens is 294 g/mol. The van der Waals surface area contributed by atoms with Crippen molar-refractivity contribution >= 4 is 0 Å². The lowest BCUT2D eigenvalue weighted by molar-refractivity contribution is -0.0976. The Morgan fingerprint density at radius 3 is 3.00 bits per heavy atom. The Kier molecular flexibility index (Phi) is 4.37. The number of hydrogen-bond donors (Lipinski definition) is 0. The van der Waals surface area contributed by atoms with Gasteiger partial charge in [0.05, 0.1) is 26.4 Å². The van der Waals surface area contributed by atoms with Crippen molar-refractivity contribution in [1.29, 1.82) is 0 Å². The van der Waals surface area contributed by atoms with Crippen molar-refractivity contribution < 1.29 is 14.0 Å². The van der Waals surface area contributed by atoms with Crippen molar-refractivity contribution in [2.75, 3.05) is 20.3 Å². The lowest BCUT2D eigenvalue weighted by Gasteiger charge is -2.43. The third kappa shape index (κ3) is 3.54. The van der Waals surface area contributed by atoms with Gasteiger partial charge in [-0.1, -0.05) is 17.3 Å². The van der Waals surface area contributed by atoms with Gasteiger partial charge < -0.3 is 14.0 Å². The zero-order valence-electron chi connectivity index (χ0n) is 14.1. The van der Waals surface area contributed by atoms with E-state index in [0.29, 0.717) is 24.9 Å². The van der Waals surface area contributed by atoms with Gasteiger partial charge in [0, 0.05) is 17.6 Å². The second kappa shape index (κ2) is 6.29. The molecule has 0 spiro atoms. The number of morpholine rings is 1. The molecule has 1 aliphatic heterocycles. The summed E-state index contributed by atoms with van der Waals surface area (Å²) >= 11 is 0. The monoisotopic (exact) mass is 317 g/mol. The van der Waals surface area contributed by atoms with Crippen LogP contribution >= 0.6 is 0 Å². The van der Waals surface area contributed by atoms with E-state index in [-0.39, 0.29) is 11.6 Å². The number of methoxy groups -OCH3 is 1. The van der Waals surface area contributed by atoms with Crippen LogP contribution in [0, 0.1) is 0 Å². The van der Waals surface area contributed by atoms with E-state index in [2.05, 4.69) is 35.8 Å². The van der Waals surface area contributed by atoms with Gasteiger partial charge in [0.1, 0.15) is 5.75 Å². The lowest BCUT2D eigenvalue weighted by Crippen LogP contribution is -2.54. The molecule has 0 aliphatic carbocycles. The molecule has 0 saturated carbocycles. The highest BCUT2D eigenvalue weighted by Gasteiger charge is 2.34. The van der Waals surface area contributed by atoms with Gasteiger partial charge in [-0.25, -0.2) is 0 Å². The molecule has 0 unspecified atom stereocenters. The summed E-state index contributed by atoms with van der Waals surface area (Å²) in [4.78, 5) is 6.85. The molecule has 0 amide bonds. The molecule has 6 heteroatoms. The van der Waals surface area contributed by atoms with E-state index in [4.69, 9.17) is 14.0 Å². The van der Waals surface area contributed by atoms with Crippen LogP contribution in [0.4, 0.5) is 0 Å². The van der Waals surface area contributed by atoms with E-state index >= 15 is 0 Å². The van der Waals surface area contributed by atoms with Crippen LogP contribution in [-0.2, 0) is 11.3 Å². The molecule has 23 heavy (non-hydrogen) atoms. The summed E-state index contributed by atoms with van der Waals surface area (Å²) in [5.74, 6) is 1.97. The predicted molar refractivity (Wildman–Crippen MR) is 86.2 cm³/mol. The second-order valence-electron chi connectivity index (χ2n) is 6.56. The molecule has 1 aromatic heterocycles. The zero-order chi connectivity index (χ0) is 16.4. The zero-order valence-corrected chi connectivity index (χ0v) is 14.1.